The highest BCUT2D eigenvalue weighted by molar-refractivity contribution is 6.31. The minimum Gasteiger partial charge on any atom is -0.317 e. The van der Waals surface area contributed by atoms with Crippen LogP contribution in [0.5, 0.6) is 0 Å². The van der Waals surface area contributed by atoms with Gasteiger partial charge >= 0.3 is 0 Å². The fourth-order valence-corrected chi connectivity index (χ4v) is 2.65. The lowest BCUT2D eigenvalue weighted by Gasteiger charge is -2.25. The molecule has 14 heavy (non-hydrogen) atoms. The van der Waals surface area contributed by atoms with E-state index in [0.29, 0.717) is 5.92 Å². The summed E-state index contributed by atoms with van der Waals surface area (Å²) >= 11 is 6.24. The lowest BCUT2D eigenvalue weighted by atomic mass is 9.87. The fraction of sp³-hybridized carbons (Fsp3) is 0.500. The molecule has 1 aliphatic heterocycles. The highest BCUT2D eigenvalue weighted by Crippen LogP contribution is 2.33. The fourth-order valence-electron chi connectivity index (χ4n) is 2.27. The lowest BCUT2D eigenvalue weighted by molar-refractivity contribution is 0.459. The first-order valence-corrected chi connectivity index (χ1v) is 5.62. The van der Waals surface area contributed by atoms with E-state index in [1.165, 1.54) is 24.0 Å². The average Bonchev–Trinajstić information content (AvgIpc) is 2.19. The molecule has 0 aliphatic carbocycles. The Morgan fingerprint density at radius 3 is 2.64 bits per heavy atom. The molecule has 1 N–H and O–H groups in total. The normalized spacial score (nSPS) is 18.4. The van der Waals surface area contributed by atoms with E-state index in [0.717, 1.165) is 18.1 Å². The molecule has 0 spiro atoms. The molecule has 1 aromatic rings. The molecular weight excluding hydrogens is 194 g/mol. The maximum absolute atomic E-state index is 6.24. The summed E-state index contributed by atoms with van der Waals surface area (Å²) in [6.07, 6.45) is 2.43. The molecule has 76 valence electrons. The summed E-state index contributed by atoms with van der Waals surface area (Å²) in [5.41, 5.74) is 2.71. The molecule has 0 atom stereocenters. The quantitative estimate of drug-likeness (QED) is 0.750. The maximum Gasteiger partial charge on any atom is 0.0443 e. The number of hydrogen-bond donors (Lipinski definition) is 1. The maximum atomic E-state index is 6.24. The van der Waals surface area contributed by atoms with Gasteiger partial charge in [-0.3, -0.25) is 0 Å². The summed E-state index contributed by atoms with van der Waals surface area (Å²) in [5, 5.41) is 4.32. The largest absolute Gasteiger partial charge is 0.317 e. The van der Waals surface area contributed by atoms with Crippen LogP contribution in [-0.4, -0.2) is 13.1 Å². The van der Waals surface area contributed by atoms with E-state index in [9.17, 15) is 0 Å². The number of halogens is 1. The summed E-state index contributed by atoms with van der Waals surface area (Å²) in [7, 11) is 0. The first kappa shape index (κ1) is 10.0. The third-order valence-electron chi connectivity index (χ3n) is 3.02. The highest BCUT2D eigenvalue weighted by atomic mass is 35.5. The first-order chi connectivity index (χ1) is 6.79. The van der Waals surface area contributed by atoms with Gasteiger partial charge in [0, 0.05) is 5.02 Å². The number of piperidine rings is 1. The monoisotopic (exact) mass is 209 g/mol. The molecule has 1 saturated heterocycles. The smallest absolute Gasteiger partial charge is 0.0443 e. The van der Waals surface area contributed by atoms with Crippen molar-refractivity contribution in [2.45, 2.75) is 25.7 Å². The van der Waals surface area contributed by atoms with Gasteiger partial charge in [0.2, 0.25) is 0 Å². The third-order valence-corrected chi connectivity index (χ3v) is 3.35. The van der Waals surface area contributed by atoms with E-state index >= 15 is 0 Å². The third kappa shape index (κ3) is 1.94. The van der Waals surface area contributed by atoms with Crippen molar-refractivity contribution in [3.8, 4) is 0 Å². The minimum atomic E-state index is 0.657. The summed E-state index contributed by atoms with van der Waals surface area (Å²) in [6, 6.07) is 6.19. The van der Waals surface area contributed by atoms with Crippen LogP contribution >= 0.6 is 11.6 Å². The second-order valence-electron chi connectivity index (χ2n) is 3.99. The molecule has 1 aliphatic rings. The SMILES string of the molecule is Cc1cccc(Cl)c1C1CCNCC1. The Bertz CT molecular complexity index is 296. The van der Waals surface area contributed by atoms with E-state index in [1.807, 2.05) is 12.1 Å². The van der Waals surface area contributed by atoms with Crippen molar-refractivity contribution in [1.29, 1.82) is 0 Å². The average molecular weight is 210 g/mol. The van der Waals surface area contributed by atoms with Crippen LogP contribution < -0.4 is 5.32 Å². The number of rotatable bonds is 1. The van der Waals surface area contributed by atoms with E-state index in [-0.39, 0.29) is 0 Å². The Morgan fingerprint density at radius 2 is 2.00 bits per heavy atom. The molecular formula is C12H16ClN. The molecule has 0 bridgehead atoms. The highest BCUT2D eigenvalue weighted by Gasteiger charge is 2.18. The van der Waals surface area contributed by atoms with Crippen molar-refractivity contribution in [1.82, 2.24) is 5.32 Å². The first-order valence-electron chi connectivity index (χ1n) is 5.25. The van der Waals surface area contributed by atoms with Gasteiger partial charge in [-0.2, -0.15) is 0 Å². The predicted molar refractivity (Wildman–Crippen MR) is 61.0 cm³/mol. The predicted octanol–water partition coefficient (Wildman–Crippen LogP) is 3.12. The number of aryl methyl sites for hydroxylation is 1. The van der Waals surface area contributed by atoms with E-state index in [1.54, 1.807) is 0 Å². The Hall–Kier alpha value is -0.530. The van der Waals surface area contributed by atoms with Crippen molar-refractivity contribution in [2.75, 3.05) is 13.1 Å². The Balaban J connectivity index is 2.29. The van der Waals surface area contributed by atoms with Crippen molar-refractivity contribution >= 4 is 11.6 Å². The van der Waals surface area contributed by atoms with Crippen molar-refractivity contribution < 1.29 is 0 Å². The summed E-state index contributed by atoms with van der Waals surface area (Å²) in [6.45, 7) is 4.40. The zero-order valence-corrected chi connectivity index (χ0v) is 9.27. The van der Waals surface area contributed by atoms with Crippen molar-refractivity contribution in [2.24, 2.45) is 0 Å². The van der Waals surface area contributed by atoms with Crippen LogP contribution in [-0.2, 0) is 0 Å². The van der Waals surface area contributed by atoms with Crippen molar-refractivity contribution in [3.05, 3.63) is 34.3 Å². The van der Waals surface area contributed by atoms with Gasteiger partial charge in [0.25, 0.3) is 0 Å². The molecule has 0 aromatic heterocycles. The van der Waals surface area contributed by atoms with Gasteiger partial charge in [0.1, 0.15) is 0 Å². The van der Waals surface area contributed by atoms with E-state index in [4.69, 9.17) is 11.6 Å². The van der Waals surface area contributed by atoms with E-state index < -0.39 is 0 Å². The summed E-state index contributed by atoms with van der Waals surface area (Å²) in [4.78, 5) is 0. The van der Waals surface area contributed by atoms with Gasteiger partial charge in [-0.25, -0.2) is 0 Å². The van der Waals surface area contributed by atoms with Crippen LogP contribution in [0.25, 0.3) is 0 Å². The molecule has 0 unspecified atom stereocenters. The lowest BCUT2D eigenvalue weighted by Crippen LogP contribution is -2.27. The molecule has 2 rings (SSSR count). The van der Waals surface area contributed by atoms with Crippen LogP contribution in [0.4, 0.5) is 0 Å². The molecule has 0 radical (unpaired) electrons. The Kier molecular flexibility index (Phi) is 3.09. The van der Waals surface area contributed by atoms with Crippen LogP contribution in [0.1, 0.15) is 29.9 Å². The Morgan fingerprint density at radius 1 is 1.29 bits per heavy atom. The molecule has 1 aromatic carbocycles. The standard InChI is InChI=1S/C12H16ClN/c1-9-3-2-4-11(13)12(9)10-5-7-14-8-6-10/h2-4,10,14H,5-8H2,1H3. The van der Waals surface area contributed by atoms with Crippen LogP contribution in [0.3, 0.4) is 0 Å². The molecule has 1 nitrogen and oxygen atoms in total. The second-order valence-corrected chi connectivity index (χ2v) is 4.40. The van der Waals surface area contributed by atoms with Gasteiger partial charge in [-0.1, -0.05) is 23.7 Å². The van der Waals surface area contributed by atoms with Crippen LogP contribution in [0, 0.1) is 6.92 Å². The summed E-state index contributed by atoms with van der Waals surface area (Å²) < 4.78 is 0. The molecule has 0 saturated carbocycles. The molecule has 0 amide bonds. The van der Waals surface area contributed by atoms with Crippen LogP contribution in [0.15, 0.2) is 18.2 Å². The minimum absolute atomic E-state index is 0.657. The van der Waals surface area contributed by atoms with Gasteiger partial charge < -0.3 is 5.32 Å². The van der Waals surface area contributed by atoms with Gasteiger partial charge in [-0.15, -0.1) is 0 Å². The number of benzene rings is 1. The van der Waals surface area contributed by atoms with Crippen molar-refractivity contribution in [3.63, 3.8) is 0 Å². The molecule has 1 heterocycles. The zero-order chi connectivity index (χ0) is 9.97. The van der Waals surface area contributed by atoms with E-state index in [2.05, 4.69) is 18.3 Å². The van der Waals surface area contributed by atoms with Crippen LogP contribution in [0.2, 0.25) is 5.02 Å². The van der Waals surface area contributed by atoms with Gasteiger partial charge in [-0.05, 0) is 56.0 Å². The topological polar surface area (TPSA) is 12.0 Å². The zero-order valence-electron chi connectivity index (χ0n) is 8.52. The number of hydrogen-bond acceptors (Lipinski definition) is 1. The summed E-state index contributed by atoms with van der Waals surface area (Å²) in [5.74, 6) is 0.657. The van der Waals surface area contributed by atoms with Gasteiger partial charge in [0.15, 0.2) is 0 Å². The molecule has 2 heteroatoms. The number of nitrogens with one attached hydrogen (secondary N) is 1. The van der Waals surface area contributed by atoms with Gasteiger partial charge in [0.05, 0.1) is 0 Å². The molecule has 1 fully saturated rings. The Labute approximate surface area is 90.5 Å². The second kappa shape index (κ2) is 4.33.